The summed E-state index contributed by atoms with van der Waals surface area (Å²) >= 11 is 0. The minimum atomic E-state index is 0.437. The molecule has 0 amide bonds. The van der Waals surface area contributed by atoms with Crippen molar-refractivity contribution in [1.29, 1.82) is 5.26 Å². The van der Waals surface area contributed by atoms with E-state index in [4.69, 9.17) is 19.5 Å². The van der Waals surface area contributed by atoms with E-state index in [1.165, 1.54) is 0 Å². The van der Waals surface area contributed by atoms with Gasteiger partial charge in [-0.15, -0.1) is 0 Å². The van der Waals surface area contributed by atoms with Gasteiger partial charge in [0.2, 0.25) is 0 Å². The fraction of sp³-hybridized carbons (Fsp3) is 0.500. The minimum Gasteiger partial charge on any atom is -0.490 e. The van der Waals surface area contributed by atoms with Gasteiger partial charge in [-0.25, -0.2) is 0 Å². The second-order valence-electron chi connectivity index (χ2n) is 3.68. The molecule has 0 fully saturated rings. The Hall–Kier alpha value is -1.57. The SMILES string of the molecule is CCCOCCOCCOc1ccccc1C#N. The van der Waals surface area contributed by atoms with Crippen molar-refractivity contribution in [2.24, 2.45) is 0 Å². The van der Waals surface area contributed by atoms with Gasteiger partial charge in [-0.3, -0.25) is 0 Å². The maximum atomic E-state index is 8.86. The second kappa shape index (κ2) is 9.46. The van der Waals surface area contributed by atoms with Crippen LogP contribution >= 0.6 is 0 Å². The molecule has 1 aromatic carbocycles. The Bertz CT molecular complexity index is 374. The molecule has 98 valence electrons. The molecule has 18 heavy (non-hydrogen) atoms. The Balaban J connectivity index is 2.09. The number of benzene rings is 1. The van der Waals surface area contributed by atoms with Crippen LogP contribution in [0.1, 0.15) is 18.9 Å². The summed E-state index contributed by atoms with van der Waals surface area (Å²) in [5.74, 6) is 0.603. The fourth-order valence-corrected chi connectivity index (χ4v) is 1.36. The molecule has 0 spiro atoms. The highest BCUT2D eigenvalue weighted by molar-refractivity contribution is 5.42. The molecule has 0 aliphatic heterocycles. The van der Waals surface area contributed by atoms with E-state index in [0.717, 1.165) is 13.0 Å². The standard InChI is InChI=1S/C14H19NO3/c1-2-7-16-8-9-17-10-11-18-14-6-4-3-5-13(14)12-15/h3-6H,2,7-11H2,1H3. The van der Waals surface area contributed by atoms with Crippen LogP contribution in [0.15, 0.2) is 24.3 Å². The Morgan fingerprint density at radius 2 is 1.67 bits per heavy atom. The first-order valence-electron chi connectivity index (χ1n) is 6.16. The topological polar surface area (TPSA) is 51.5 Å². The van der Waals surface area contributed by atoms with Gasteiger partial charge in [0, 0.05) is 6.61 Å². The van der Waals surface area contributed by atoms with Gasteiger partial charge >= 0.3 is 0 Å². The van der Waals surface area contributed by atoms with E-state index in [9.17, 15) is 0 Å². The number of nitriles is 1. The highest BCUT2D eigenvalue weighted by Crippen LogP contribution is 2.15. The van der Waals surface area contributed by atoms with Gasteiger partial charge in [-0.2, -0.15) is 5.26 Å². The molecule has 0 atom stereocenters. The molecule has 0 bridgehead atoms. The summed E-state index contributed by atoms with van der Waals surface area (Å²) < 4.78 is 16.1. The van der Waals surface area contributed by atoms with E-state index in [-0.39, 0.29) is 0 Å². The van der Waals surface area contributed by atoms with E-state index in [0.29, 0.717) is 37.7 Å². The lowest BCUT2D eigenvalue weighted by Gasteiger charge is -2.08. The number of para-hydroxylation sites is 1. The molecule has 0 radical (unpaired) electrons. The van der Waals surface area contributed by atoms with E-state index >= 15 is 0 Å². The van der Waals surface area contributed by atoms with Crippen LogP contribution in [-0.2, 0) is 9.47 Å². The molecule has 0 aromatic heterocycles. The number of hydrogen-bond acceptors (Lipinski definition) is 4. The van der Waals surface area contributed by atoms with Crippen LogP contribution in [0.2, 0.25) is 0 Å². The monoisotopic (exact) mass is 249 g/mol. The highest BCUT2D eigenvalue weighted by Gasteiger charge is 2.00. The zero-order valence-corrected chi connectivity index (χ0v) is 10.7. The second-order valence-corrected chi connectivity index (χ2v) is 3.68. The molecule has 1 aromatic rings. The smallest absolute Gasteiger partial charge is 0.137 e. The third kappa shape index (κ3) is 5.67. The van der Waals surface area contributed by atoms with E-state index in [1.807, 2.05) is 12.1 Å². The third-order valence-electron chi connectivity index (χ3n) is 2.21. The lowest BCUT2D eigenvalue weighted by molar-refractivity contribution is 0.0365. The van der Waals surface area contributed by atoms with Crippen LogP contribution in [0, 0.1) is 11.3 Å². The fourth-order valence-electron chi connectivity index (χ4n) is 1.36. The molecule has 0 unspecified atom stereocenters. The first kappa shape index (κ1) is 14.5. The summed E-state index contributed by atoms with van der Waals surface area (Å²) in [6, 6.07) is 9.25. The molecule has 0 N–H and O–H groups in total. The molecule has 4 heteroatoms. The van der Waals surface area contributed by atoms with Crippen molar-refractivity contribution in [3.05, 3.63) is 29.8 Å². The lowest BCUT2D eigenvalue weighted by atomic mass is 10.2. The lowest BCUT2D eigenvalue weighted by Crippen LogP contribution is -2.11. The molecule has 0 aliphatic rings. The van der Waals surface area contributed by atoms with Crippen molar-refractivity contribution in [1.82, 2.24) is 0 Å². The highest BCUT2D eigenvalue weighted by atomic mass is 16.5. The maximum absolute atomic E-state index is 8.86. The molecule has 0 saturated heterocycles. The van der Waals surface area contributed by atoms with Crippen molar-refractivity contribution in [3.63, 3.8) is 0 Å². The molecule has 1 rings (SSSR count). The maximum Gasteiger partial charge on any atom is 0.137 e. The van der Waals surface area contributed by atoms with Gasteiger partial charge in [0.25, 0.3) is 0 Å². The average Bonchev–Trinajstić information content (AvgIpc) is 2.42. The van der Waals surface area contributed by atoms with Gasteiger partial charge < -0.3 is 14.2 Å². The largest absolute Gasteiger partial charge is 0.490 e. The first-order chi connectivity index (χ1) is 8.88. The van der Waals surface area contributed by atoms with Crippen molar-refractivity contribution < 1.29 is 14.2 Å². The quantitative estimate of drug-likeness (QED) is 0.630. The predicted octanol–water partition coefficient (Wildman–Crippen LogP) is 2.38. The van der Waals surface area contributed by atoms with E-state index < -0.39 is 0 Å². The Kier molecular flexibility index (Phi) is 7.61. The van der Waals surface area contributed by atoms with E-state index in [1.54, 1.807) is 12.1 Å². The molecule has 0 heterocycles. The number of nitrogens with zero attached hydrogens (tertiary/aromatic N) is 1. The average molecular weight is 249 g/mol. The van der Waals surface area contributed by atoms with Crippen LogP contribution in [0.4, 0.5) is 0 Å². The number of rotatable bonds is 9. The molecular formula is C14H19NO3. The summed E-state index contributed by atoms with van der Waals surface area (Å²) in [5, 5.41) is 8.86. The van der Waals surface area contributed by atoms with Crippen LogP contribution in [0.25, 0.3) is 0 Å². The zero-order chi connectivity index (χ0) is 13.1. The zero-order valence-electron chi connectivity index (χ0n) is 10.7. The van der Waals surface area contributed by atoms with Crippen molar-refractivity contribution in [2.45, 2.75) is 13.3 Å². The summed E-state index contributed by atoms with van der Waals surface area (Å²) in [6.07, 6.45) is 1.02. The van der Waals surface area contributed by atoms with Gasteiger partial charge in [0.05, 0.1) is 25.4 Å². The van der Waals surface area contributed by atoms with Gasteiger partial charge in [0.1, 0.15) is 18.4 Å². The van der Waals surface area contributed by atoms with Gasteiger partial charge in [-0.1, -0.05) is 19.1 Å². The molecule has 0 saturated carbocycles. The van der Waals surface area contributed by atoms with Gasteiger partial charge in [-0.05, 0) is 18.6 Å². The van der Waals surface area contributed by atoms with Crippen LogP contribution in [0.5, 0.6) is 5.75 Å². The normalized spacial score (nSPS) is 10.0. The van der Waals surface area contributed by atoms with E-state index in [2.05, 4.69) is 13.0 Å². The Morgan fingerprint density at radius 3 is 2.39 bits per heavy atom. The molecule has 0 aliphatic carbocycles. The first-order valence-corrected chi connectivity index (χ1v) is 6.16. The third-order valence-corrected chi connectivity index (χ3v) is 2.21. The van der Waals surface area contributed by atoms with Crippen molar-refractivity contribution in [3.8, 4) is 11.8 Å². The number of hydrogen-bond donors (Lipinski definition) is 0. The Morgan fingerprint density at radius 1 is 1.00 bits per heavy atom. The summed E-state index contributed by atoms with van der Waals surface area (Å²) in [6.45, 7) is 4.96. The molecule has 4 nitrogen and oxygen atoms in total. The summed E-state index contributed by atoms with van der Waals surface area (Å²) in [4.78, 5) is 0. The predicted molar refractivity (Wildman–Crippen MR) is 68.6 cm³/mol. The van der Waals surface area contributed by atoms with Gasteiger partial charge in [0.15, 0.2) is 0 Å². The molecular weight excluding hydrogens is 230 g/mol. The number of ether oxygens (including phenoxy) is 3. The van der Waals surface area contributed by atoms with Crippen molar-refractivity contribution in [2.75, 3.05) is 33.0 Å². The van der Waals surface area contributed by atoms with Crippen LogP contribution < -0.4 is 4.74 Å². The summed E-state index contributed by atoms with van der Waals surface area (Å²) in [5.41, 5.74) is 0.545. The van der Waals surface area contributed by atoms with Crippen molar-refractivity contribution >= 4 is 0 Å². The van der Waals surface area contributed by atoms with Crippen LogP contribution in [-0.4, -0.2) is 33.0 Å². The Labute approximate surface area is 108 Å². The minimum absolute atomic E-state index is 0.437. The van der Waals surface area contributed by atoms with Crippen LogP contribution in [0.3, 0.4) is 0 Å². The summed E-state index contributed by atoms with van der Waals surface area (Å²) in [7, 11) is 0.